The van der Waals surface area contributed by atoms with Crippen LogP contribution in [0.1, 0.15) is 35.6 Å². The molecule has 1 saturated heterocycles. The molecule has 0 unspecified atom stereocenters. The molecule has 2 N–H and O–H groups in total. The summed E-state index contributed by atoms with van der Waals surface area (Å²) in [7, 11) is 0. The Morgan fingerprint density at radius 3 is 2.66 bits per heavy atom. The molecule has 29 heavy (non-hydrogen) atoms. The van der Waals surface area contributed by atoms with E-state index >= 15 is 0 Å². The van der Waals surface area contributed by atoms with Crippen LogP contribution >= 0.6 is 24.2 Å². The number of ether oxygens (including phenoxy) is 1. The number of rotatable bonds is 4. The molecule has 2 atom stereocenters. The Balaban J connectivity index is 0.00000240. The van der Waals surface area contributed by atoms with Gasteiger partial charge in [-0.05, 0) is 65.8 Å². The third-order valence-corrected chi connectivity index (χ3v) is 6.19. The monoisotopic (exact) mass is 444 g/mol. The molecular weight excluding hydrogens is 421 g/mol. The van der Waals surface area contributed by atoms with E-state index in [9.17, 15) is 13.2 Å². The van der Waals surface area contributed by atoms with Crippen LogP contribution in [0, 0.1) is 5.92 Å². The number of fused-ring (bicyclic) bond motifs is 1. The van der Waals surface area contributed by atoms with Crippen molar-refractivity contribution in [3.05, 3.63) is 59.2 Å². The van der Waals surface area contributed by atoms with Crippen LogP contribution in [0.15, 0.2) is 47.4 Å². The van der Waals surface area contributed by atoms with Gasteiger partial charge in [-0.2, -0.15) is 13.2 Å². The molecule has 0 radical (unpaired) electrons. The maximum absolute atomic E-state index is 12.9. The largest absolute Gasteiger partial charge is 0.493 e. The molecule has 0 aliphatic carbocycles. The molecular formula is C21H24ClF3N2OS. The van der Waals surface area contributed by atoms with Gasteiger partial charge in [-0.3, -0.25) is 5.84 Å². The fourth-order valence-corrected chi connectivity index (χ4v) is 5.08. The van der Waals surface area contributed by atoms with Gasteiger partial charge in [0.15, 0.2) is 0 Å². The van der Waals surface area contributed by atoms with Crippen molar-refractivity contribution >= 4 is 24.2 Å². The first kappa shape index (κ1) is 22.3. The number of alkyl halides is 3. The van der Waals surface area contributed by atoms with E-state index in [1.807, 2.05) is 23.2 Å². The zero-order valence-corrected chi connectivity index (χ0v) is 17.5. The molecule has 8 heteroatoms. The third kappa shape index (κ3) is 5.20. The average molecular weight is 445 g/mol. The van der Waals surface area contributed by atoms with E-state index in [-0.39, 0.29) is 41.0 Å². The quantitative estimate of drug-likeness (QED) is 0.497. The van der Waals surface area contributed by atoms with E-state index < -0.39 is 5.51 Å². The highest BCUT2D eigenvalue weighted by molar-refractivity contribution is 8.00. The minimum Gasteiger partial charge on any atom is -0.493 e. The number of piperidine rings is 1. The van der Waals surface area contributed by atoms with Gasteiger partial charge in [0.05, 0.1) is 12.6 Å². The molecule has 2 aromatic rings. The SMILES string of the molecule is Cl.NN1CCC[C@@H](Cc2cc(SC(F)(F)F)cc3c2OCC3)[C@H]1c1ccccc1. The molecule has 0 amide bonds. The number of nitrogens with two attached hydrogens (primary N) is 1. The normalized spacial score (nSPS) is 21.9. The molecule has 0 spiro atoms. The van der Waals surface area contributed by atoms with Crippen LogP contribution in [0.4, 0.5) is 13.2 Å². The van der Waals surface area contributed by atoms with Crippen LogP contribution in [0.3, 0.4) is 0 Å². The second-order valence-electron chi connectivity index (χ2n) is 7.42. The molecule has 3 nitrogen and oxygen atoms in total. The summed E-state index contributed by atoms with van der Waals surface area (Å²) in [6.45, 7) is 1.34. The molecule has 0 aromatic heterocycles. The van der Waals surface area contributed by atoms with Gasteiger partial charge >= 0.3 is 5.51 Å². The van der Waals surface area contributed by atoms with Gasteiger partial charge < -0.3 is 4.74 Å². The summed E-state index contributed by atoms with van der Waals surface area (Å²) < 4.78 is 44.6. The van der Waals surface area contributed by atoms with E-state index in [2.05, 4.69) is 12.1 Å². The number of hydrogen-bond acceptors (Lipinski definition) is 4. The molecule has 2 aliphatic rings. The van der Waals surface area contributed by atoms with Crippen LogP contribution in [0.2, 0.25) is 0 Å². The molecule has 158 valence electrons. The third-order valence-electron chi connectivity index (χ3n) is 5.49. The second-order valence-corrected chi connectivity index (χ2v) is 8.56. The van der Waals surface area contributed by atoms with Crippen LogP contribution in [0.25, 0.3) is 0 Å². The molecule has 2 heterocycles. The lowest BCUT2D eigenvalue weighted by Gasteiger charge is -2.39. The molecule has 1 fully saturated rings. The van der Waals surface area contributed by atoms with E-state index in [1.165, 1.54) is 0 Å². The molecule has 0 bridgehead atoms. The van der Waals surface area contributed by atoms with Crippen LogP contribution in [-0.4, -0.2) is 23.7 Å². The number of halogens is 4. The van der Waals surface area contributed by atoms with Crippen LogP contribution in [-0.2, 0) is 12.8 Å². The van der Waals surface area contributed by atoms with E-state index in [0.717, 1.165) is 41.8 Å². The van der Waals surface area contributed by atoms with Gasteiger partial charge in [0.2, 0.25) is 0 Å². The first-order valence-electron chi connectivity index (χ1n) is 9.51. The summed E-state index contributed by atoms with van der Waals surface area (Å²) in [4.78, 5) is 0.239. The van der Waals surface area contributed by atoms with Gasteiger partial charge in [-0.25, -0.2) is 5.01 Å². The standard InChI is InChI=1S/C21H23F3N2OS.ClH/c22-21(23,24)28-18-12-16-8-10-27-20(16)17(13-18)11-15-7-4-9-26(25)19(15)14-5-2-1-3-6-14;/h1-3,5-6,12-13,15,19H,4,7-11,25H2;1H/t15-,19+;/m0./s1. The number of benzene rings is 2. The summed E-state index contributed by atoms with van der Waals surface area (Å²) in [5.74, 6) is 7.32. The Bertz CT molecular complexity index is 835. The van der Waals surface area contributed by atoms with Crippen molar-refractivity contribution < 1.29 is 17.9 Å². The highest BCUT2D eigenvalue weighted by Crippen LogP contribution is 2.44. The fraction of sp³-hybridized carbons (Fsp3) is 0.429. The Morgan fingerprint density at radius 1 is 1.17 bits per heavy atom. The maximum atomic E-state index is 12.9. The Labute approximate surface area is 179 Å². The smallest absolute Gasteiger partial charge is 0.446 e. The van der Waals surface area contributed by atoms with Crippen LogP contribution in [0.5, 0.6) is 5.75 Å². The fourth-order valence-electron chi connectivity index (χ4n) is 4.41. The Kier molecular flexibility index (Phi) is 7.04. The predicted octanol–water partition coefficient (Wildman–Crippen LogP) is 5.52. The molecule has 0 saturated carbocycles. The zero-order chi connectivity index (χ0) is 19.7. The number of nitrogens with zero attached hydrogens (tertiary/aromatic N) is 1. The number of hydrogen-bond donors (Lipinski definition) is 1. The van der Waals surface area contributed by atoms with Crippen LogP contribution < -0.4 is 10.6 Å². The summed E-state index contributed by atoms with van der Waals surface area (Å²) >= 11 is -0.0500. The lowest BCUT2D eigenvalue weighted by Crippen LogP contribution is -2.44. The second kappa shape index (κ2) is 9.16. The predicted molar refractivity (Wildman–Crippen MR) is 111 cm³/mol. The van der Waals surface area contributed by atoms with Crippen molar-refractivity contribution in [2.75, 3.05) is 13.2 Å². The minimum absolute atomic E-state index is 0. The van der Waals surface area contributed by atoms with Gasteiger partial charge in [0, 0.05) is 17.9 Å². The molecule has 2 aliphatic heterocycles. The summed E-state index contributed by atoms with van der Waals surface area (Å²) in [5, 5.41) is 1.87. The highest BCUT2D eigenvalue weighted by Gasteiger charge is 2.34. The number of thioether (sulfide) groups is 1. The van der Waals surface area contributed by atoms with Crippen molar-refractivity contribution in [3.63, 3.8) is 0 Å². The minimum atomic E-state index is -4.30. The van der Waals surface area contributed by atoms with E-state index in [0.29, 0.717) is 19.4 Å². The lowest BCUT2D eigenvalue weighted by molar-refractivity contribution is -0.0328. The maximum Gasteiger partial charge on any atom is 0.446 e. The van der Waals surface area contributed by atoms with Crippen molar-refractivity contribution in [2.24, 2.45) is 11.8 Å². The topological polar surface area (TPSA) is 38.5 Å². The Morgan fingerprint density at radius 2 is 1.93 bits per heavy atom. The van der Waals surface area contributed by atoms with Gasteiger partial charge in [-0.1, -0.05) is 30.3 Å². The molecule has 2 aromatic carbocycles. The lowest BCUT2D eigenvalue weighted by atomic mass is 9.81. The van der Waals surface area contributed by atoms with Crippen molar-refractivity contribution in [3.8, 4) is 5.75 Å². The van der Waals surface area contributed by atoms with Gasteiger partial charge in [0.1, 0.15) is 5.75 Å². The summed E-state index contributed by atoms with van der Waals surface area (Å²) in [6, 6.07) is 13.4. The first-order chi connectivity index (χ1) is 13.4. The van der Waals surface area contributed by atoms with Gasteiger partial charge in [0.25, 0.3) is 0 Å². The zero-order valence-electron chi connectivity index (χ0n) is 15.8. The van der Waals surface area contributed by atoms with Crippen molar-refractivity contribution in [1.82, 2.24) is 5.01 Å². The van der Waals surface area contributed by atoms with Crippen molar-refractivity contribution in [2.45, 2.75) is 42.1 Å². The highest BCUT2D eigenvalue weighted by atomic mass is 35.5. The summed E-state index contributed by atoms with van der Waals surface area (Å²) in [5.41, 5.74) is -1.41. The van der Waals surface area contributed by atoms with Crippen molar-refractivity contribution in [1.29, 1.82) is 0 Å². The van der Waals surface area contributed by atoms with E-state index in [1.54, 1.807) is 12.1 Å². The summed E-state index contributed by atoms with van der Waals surface area (Å²) in [6.07, 6.45) is 3.27. The first-order valence-corrected chi connectivity index (χ1v) is 10.3. The van der Waals surface area contributed by atoms with Gasteiger partial charge in [-0.15, -0.1) is 12.4 Å². The Hall–Kier alpha value is -1.41. The van der Waals surface area contributed by atoms with E-state index in [4.69, 9.17) is 10.6 Å². The average Bonchev–Trinajstić information content (AvgIpc) is 3.10. The molecule has 4 rings (SSSR count). The number of hydrazine groups is 1.